The van der Waals surface area contributed by atoms with Crippen molar-refractivity contribution in [3.8, 4) is 5.75 Å². The first-order chi connectivity index (χ1) is 7.56. The molecule has 0 aromatic heterocycles. The Morgan fingerprint density at radius 1 is 1.38 bits per heavy atom. The van der Waals surface area contributed by atoms with E-state index in [2.05, 4.69) is 25.7 Å². The lowest BCUT2D eigenvalue weighted by atomic mass is 10.1. The van der Waals surface area contributed by atoms with Gasteiger partial charge in [0, 0.05) is 23.2 Å². The molecule has 0 spiro atoms. The first kappa shape index (κ1) is 13.3. The van der Waals surface area contributed by atoms with Gasteiger partial charge in [0.15, 0.2) is 0 Å². The summed E-state index contributed by atoms with van der Waals surface area (Å²) < 4.78 is 0. The first-order valence-electron chi connectivity index (χ1n) is 5.76. The smallest absolute Gasteiger partial charge is 0.121 e. The fourth-order valence-electron chi connectivity index (χ4n) is 1.71. The van der Waals surface area contributed by atoms with Crippen molar-refractivity contribution < 1.29 is 5.11 Å². The highest BCUT2D eigenvalue weighted by Crippen LogP contribution is 2.27. The Hall–Kier alpha value is -0.730. The zero-order valence-electron chi connectivity index (χ0n) is 10.2. The molecule has 16 heavy (non-hydrogen) atoms. The Bertz CT molecular complexity index is 318. The molecule has 90 valence electrons. The normalized spacial score (nSPS) is 11.4. The molecule has 1 aromatic rings. The highest BCUT2D eigenvalue weighted by atomic mass is 35.5. The van der Waals surface area contributed by atoms with Crippen LogP contribution in [0.2, 0.25) is 5.02 Å². The van der Waals surface area contributed by atoms with Crippen LogP contribution in [0.15, 0.2) is 18.2 Å². The maximum Gasteiger partial charge on any atom is 0.121 e. The number of nitrogens with zero attached hydrogens (tertiary/aromatic N) is 1. The quantitative estimate of drug-likeness (QED) is 0.851. The van der Waals surface area contributed by atoms with E-state index in [0.717, 1.165) is 18.5 Å². The van der Waals surface area contributed by atoms with E-state index in [4.69, 9.17) is 11.6 Å². The van der Waals surface area contributed by atoms with Gasteiger partial charge in [-0.2, -0.15) is 0 Å². The average molecular weight is 242 g/mol. The molecule has 3 heteroatoms. The second kappa shape index (κ2) is 6.12. The van der Waals surface area contributed by atoms with Crippen molar-refractivity contribution in [3.05, 3.63) is 28.8 Å². The van der Waals surface area contributed by atoms with Crippen LogP contribution in [-0.2, 0) is 6.54 Å². The molecule has 0 aliphatic rings. The summed E-state index contributed by atoms with van der Waals surface area (Å²) in [6.07, 6.45) is 1.10. The van der Waals surface area contributed by atoms with E-state index in [1.54, 1.807) is 12.1 Å². The lowest BCUT2D eigenvalue weighted by Gasteiger charge is -2.26. The lowest BCUT2D eigenvalue weighted by molar-refractivity contribution is 0.211. The number of hydrogen-bond donors (Lipinski definition) is 1. The molecule has 0 bridgehead atoms. The van der Waals surface area contributed by atoms with Crippen LogP contribution < -0.4 is 0 Å². The zero-order valence-corrected chi connectivity index (χ0v) is 11.0. The van der Waals surface area contributed by atoms with E-state index in [1.165, 1.54) is 0 Å². The predicted octanol–water partition coefficient (Wildman–Crippen LogP) is 3.67. The molecule has 0 amide bonds. The lowest BCUT2D eigenvalue weighted by Crippen LogP contribution is -2.31. The number of benzene rings is 1. The molecule has 0 unspecified atom stereocenters. The van der Waals surface area contributed by atoms with Gasteiger partial charge in [0.2, 0.25) is 0 Å². The molecule has 0 heterocycles. The molecule has 1 N–H and O–H groups in total. The average Bonchev–Trinajstić information content (AvgIpc) is 2.21. The number of halogens is 1. The molecule has 0 atom stereocenters. The Balaban J connectivity index is 2.84. The largest absolute Gasteiger partial charge is 0.508 e. The van der Waals surface area contributed by atoms with Gasteiger partial charge < -0.3 is 5.11 Å². The standard InChI is InChI=1S/C13H20ClNO/c1-4-8-15(10(2)3)9-11-12(14)6-5-7-13(11)16/h5-7,10,16H,4,8-9H2,1-3H3. The number of phenolic OH excluding ortho intramolecular Hbond substituents is 1. The second-order valence-electron chi connectivity index (χ2n) is 4.30. The number of phenols is 1. The van der Waals surface area contributed by atoms with Crippen LogP contribution in [0.3, 0.4) is 0 Å². The summed E-state index contributed by atoms with van der Waals surface area (Å²) in [6.45, 7) is 8.19. The summed E-state index contributed by atoms with van der Waals surface area (Å²) in [5.41, 5.74) is 0.825. The van der Waals surface area contributed by atoms with Crippen molar-refractivity contribution in [2.24, 2.45) is 0 Å². The maximum atomic E-state index is 9.78. The van der Waals surface area contributed by atoms with Crippen molar-refractivity contribution in [1.29, 1.82) is 0 Å². The molecule has 0 aliphatic carbocycles. The number of hydrogen-bond acceptors (Lipinski definition) is 2. The summed E-state index contributed by atoms with van der Waals surface area (Å²) in [6, 6.07) is 5.73. The highest BCUT2D eigenvalue weighted by Gasteiger charge is 2.13. The third-order valence-electron chi connectivity index (χ3n) is 2.70. The van der Waals surface area contributed by atoms with E-state index in [0.29, 0.717) is 17.6 Å². The molecule has 0 radical (unpaired) electrons. The van der Waals surface area contributed by atoms with Gasteiger partial charge in [-0.3, -0.25) is 4.90 Å². The van der Waals surface area contributed by atoms with Crippen molar-refractivity contribution in [2.45, 2.75) is 39.8 Å². The van der Waals surface area contributed by atoms with Crippen LogP contribution in [0.1, 0.15) is 32.8 Å². The van der Waals surface area contributed by atoms with Crippen molar-refractivity contribution in [1.82, 2.24) is 4.90 Å². The molecule has 2 nitrogen and oxygen atoms in total. The van der Waals surface area contributed by atoms with E-state index in [1.807, 2.05) is 6.07 Å². The van der Waals surface area contributed by atoms with Gasteiger partial charge in [0.1, 0.15) is 5.75 Å². The Morgan fingerprint density at radius 2 is 2.06 bits per heavy atom. The molecule has 1 rings (SSSR count). The summed E-state index contributed by atoms with van der Waals surface area (Å²) in [5.74, 6) is 0.286. The maximum absolute atomic E-state index is 9.78. The van der Waals surface area contributed by atoms with Crippen LogP contribution >= 0.6 is 11.6 Å². The molecule has 0 saturated heterocycles. The summed E-state index contributed by atoms with van der Waals surface area (Å²) >= 11 is 6.09. The monoisotopic (exact) mass is 241 g/mol. The van der Waals surface area contributed by atoms with Crippen LogP contribution in [0, 0.1) is 0 Å². The van der Waals surface area contributed by atoms with Gasteiger partial charge in [-0.15, -0.1) is 0 Å². The van der Waals surface area contributed by atoms with Gasteiger partial charge >= 0.3 is 0 Å². The Kier molecular flexibility index (Phi) is 5.10. The SMILES string of the molecule is CCCN(Cc1c(O)cccc1Cl)C(C)C. The van der Waals surface area contributed by atoms with Gasteiger partial charge in [-0.25, -0.2) is 0 Å². The van der Waals surface area contributed by atoms with Crippen molar-refractivity contribution in [3.63, 3.8) is 0 Å². The minimum absolute atomic E-state index is 0.286. The summed E-state index contributed by atoms with van der Waals surface area (Å²) in [5, 5.41) is 10.4. The third kappa shape index (κ3) is 3.39. The first-order valence-corrected chi connectivity index (χ1v) is 6.14. The third-order valence-corrected chi connectivity index (χ3v) is 3.05. The van der Waals surface area contributed by atoms with Gasteiger partial charge in [0.05, 0.1) is 0 Å². The van der Waals surface area contributed by atoms with Gasteiger partial charge in [-0.1, -0.05) is 24.6 Å². The molecule has 0 aliphatic heterocycles. The fourth-order valence-corrected chi connectivity index (χ4v) is 1.94. The molecular formula is C13H20ClNO. The van der Waals surface area contributed by atoms with Crippen LogP contribution in [-0.4, -0.2) is 22.6 Å². The minimum atomic E-state index is 0.286. The predicted molar refractivity (Wildman–Crippen MR) is 69.0 cm³/mol. The summed E-state index contributed by atoms with van der Waals surface area (Å²) in [4.78, 5) is 2.31. The summed E-state index contributed by atoms with van der Waals surface area (Å²) in [7, 11) is 0. The molecule has 0 fully saturated rings. The van der Waals surface area contributed by atoms with Gasteiger partial charge in [0.25, 0.3) is 0 Å². The topological polar surface area (TPSA) is 23.5 Å². The zero-order chi connectivity index (χ0) is 12.1. The molecular weight excluding hydrogens is 222 g/mol. The van der Waals surface area contributed by atoms with Crippen LogP contribution in [0.5, 0.6) is 5.75 Å². The second-order valence-corrected chi connectivity index (χ2v) is 4.71. The number of aromatic hydroxyl groups is 1. The highest BCUT2D eigenvalue weighted by molar-refractivity contribution is 6.31. The van der Waals surface area contributed by atoms with E-state index < -0.39 is 0 Å². The van der Waals surface area contributed by atoms with Crippen molar-refractivity contribution >= 4 is 11.6 Å². The Labute approximate surface area is 103 Å². The van der Waals surface area contributed by atoms with E-state index in [-0.39, 0.29) is 5.75 Å². The van der Waals surface area contributed by atoms with Crippen LogP contribution in [0.4, 0.5) is 0 Å². The van der Waals surface area contributed by atoms with Crippen LogP contribution in [0.25, 0.3) is 0 Å². The number of rotatable bonds is 5. The van der Waals surface area contributed by atoms with Gasteiger partial charge in [-0.05, 0) is 38.9 Å². The van der Waals surface area contributed by atoms with Crippen molar-refractivity contribution in [2.75, 3.05) is 6.54 Å². The minimum Gasteiger partial charge on any atom is -0.508 e. The molecule has 0 saturated carbocycles. The molecule has 1 aromatic carbocycles. The van der Waals surface area contributed by atoms with E-state index in [9.17, 15) is 5.11 Å². The van der Waals surface area contributed by atoms with E-state index >= 15 is 0 Å². The Morgan fingerprint density at radius 3 is 2.56 bits per heavy atom. The fraction of sp³-hybridized carbons (Fsp3) is 0.538.